The van der Waals surface area contributed by atoms with Gasteiger partial charge >= 0.3 is 0 Å². The van der Waals surface area contributed by atoms with E-state index in [1.165, 1.54) is 23.1 Å². The third-order valence-electron chi connectivity index (χ3n) is 2.57. The summed E-state index contributed by atoms with van der Waals surface area (Å²) in [5.41, 5.74) is 1.25. The molecule has 0 aromatic carbocycles. The molecule has 8 heteroatoms. The highest BCUT2D eigenvalue weighted by atomic mass is 32.2. The first-order chi connectivity index (χ1) is 9.60. The molecule has 2 heterocycles. The van der Waals surface area contributed by atoms with Gasteiger partial charge in [-0.05, 0) is 13.3 Å². The number of hydrogen-bond acceptors (Lipinski definition) is 6. The van der Waals surface area contributed by atoms with Crippen LogP contribution >= 0.6 is 23.1 Å². The van der Waals surface area contributed by atoms with Crippen LogP contribution in [0.1, 0.15) is 18.2 Å². The zero-order valence-electron chi connectivity index (χ0n) is 11.1. The summed E-state index contributed by atoms with van der Waals surface area (Å²) in [6.07, 6.45) is 2.27. The topological polar surface area (TPSA) is 87.7 Å². The van der Waals surface area contributed by atoms with E-state index in [9.17, 15) is 9.59 Å². The van der Waals surface area contributed by atoms with Crippen LogP contribution in [0.2, 0.25) is 0 Å². The number of aryl methyl sites for hydroxylation is 1. The molecular formula is C12H14N4O2S2. The summed E-state index contributed by atoms with van der Waals surface area (Å²) in [5.74, 6) is -0.00205. The molecule has 0 saturated carbocycles. The first kappa shape index (κ1) is 14.7. The SMILES string of the molecule is CCc1c(C)nc(SCC(=O)Nc2nccs2)[nH]c1=O. The van der Waals surface area contributed by atoms with Gasteiger partial charge in [-0.2, -0.15) is 0 Å². The fourth-order valence-corrected chi connectivity index (χ4v) is 2.90. The van der Waals surface area contributed by atoms with E-state index in [1.807, 2.05) is 6.92 Å². The van der Waals surface area contributed by atoms with Crippen molar-refractivity contribution >= 4 is 34.1 Å². The second-order valence-corrected chi connectivity index (χ2v) is 5.82. The summed E-state index contributed by atoms with van der Waals surface area (Å²) in [6.45, 7) is 3.71. The summed E-state index contributed by atoms with van der Waals surface area (Å²) in [4.78, 5) is 34.4. The van der Waals surface area contributed by atoms with Crippen molar-refractivity contribution in [2.24, 2.45) is 0 Å². The molecule has 0 bridgehead atoms. The molecule has 0 spiro atoms. The maximum atomic E-state index is 11.8. The molecule has 20 heavy (non-hydrogen) atoms. The first-order valence-corrected chi connectivity index (χ1v) is 7.88. The number of thioether (sulfide) groups is 1. The molecule has 6 nitrogen and oxygen atoms in total. The Labute approximate surface area is 124 Å². The highest BCUT2D eigenvalue weighted by Crippen LogP contribution is 2.15. The third kappa shape index (κ3) is 3.67. The number of anilines is 1. The van der Waals surface area contributed by atoms with Crippen LogP contribution in [0.25, 0.3) is 0 Å². The highest BCUT2D eigenvalue weighted by Gasteiger charge is 2.09. The van der Waals surface area contributed by atoms with Crippen molar-refractivity contribution in [3.63, 3.8) is 0 Å². The fourth-order valence-electron chi connectivity index (χ4n) is 1.64. The molecule has 1 amide bonds. The van der Waals surface area contributed by atoms with E-state index in [4.69, 9.17) is 0 Å². The Morgan fingerprint density at radius 2 is 2.35 bits per heavy atom. The molecule has 0 aliphatic rings. The number of carbonyl (C=O) groups is 1. The zero-order valence-corrected chi connectivity index (χ0v) is 12.7. The van der Waals surface area contributed by atoms with Crippen LogP contribution in [0.4, 0.5) is 5.13 Å². The van der Waals surface area contributed by atoms with Crippen LogP contribution in [0.3, 0.4) is 0 Å². The minimum atomic E-state index is -0.176. The van der Waals surface area contributed by atoms with Crippen LogP contribution in [0.5, 0.6) is 0 Å². The first-order valence-electron chi connectivity index (χ1n) is 6.02. The van der Waals surface area contributed by atoms with Crippen LogP contribution < -0.4 is 10.9 Å². The number of aromatic nitrogens is 3. The maximum absolute atomic E-state index is 11.8. The number of nitrogens with zero attached hydrogens (tertiary/aromatic N) is 2. The second-order valence-electron chi connectivity index (χ2n) is 3.96. The molecule has 2 aromatic heterocycles. The van der Waals surface area contributed by atoms with Gasteiger partial charge in [0, 0.05) is 22.8 Å². The van der Waals surface area contributed by atoms with Crippen molar-refractivity contribution in [1.29, 1.82) is 0 Å². The standard InChI is InChI=1S/C12H14N4O2S2/c1-3-8-7(2)14-12(16-10(8)18)20-6-9(17)15-11-13-4-5-19-11/h4-5H,3,6H2,1-2H3,(H,13,15,17)(H,14,16,18). The lowest BCUT2D eigenvalue weighted by Gasteiger charge is -2.05. The van der Waals surface area contributed by atoms with Gasteiger partial charge in [-0.1, -0.05) is 18.7 Å². The molecule has 0 atom stereocenters. The fraction of sp³-hybridized carbons (Fsp3) is 0.333. The van der Waals surface area contributed by atoms with Crippen molar-refractivity contribution in [1.82, 2.24) is 15.0 Å². The van der Waals surface area contributed by atoms with Crippen LogP contribution in [0.15, 0.2) is 21.5 Å². The molecule has 0 aliphatic carbocycles. The number of thiazole rings is 1. The van der Waals surface area contributed by atoms with E-state index in [2.05, 4.69) is 20.3 Å². The number of H-pyrrole nitrogens is 1. The van der Waals surface area contributed by atoms with Crippen LogP contribution in [0, 0.1) is 6.92 Å². The summed E-state index contributed by atoms with van der Waals surface area (Å²) in [7, 11) is 0. The van der Waals surface area contributed by atoms with Crippen molar-refractivity contribution in [3.05, 3.63) is 33.2 Å². The minimum Gasteiger partial charge on any atom is -0.301 e. The molecule has 0 fully saturated rings. The van der Waals surface area contributed by atoms with Gasteiger partial charge in [0.1, 0.15) is 0 Å². The Balaban J connectivity index is 1.97. The second kappa shape index (κ2) is 6.67. The molecule has 2 rings (SSSR count). The van der Waals surface area contributed by atoms with Gasteiger partial charge in [-0.3, -0.25) is 9.59 Å². The Hall–Kier alpha value is -1.67. The monoisotopic (exact) mass is 310 g/mol. The molecule has 0 unspecified atom stereocenters. The number of hydrogen-bond donors (Lipinski definition) is 2. The van der Waals surface area contributed by atoms with E-state index in [1.54, 1.807) is 18.5 Å². The van der Waals surface area contributed by atoms with Gasteiger partial charge in [0.2, 0.25) is 5.91 Å². The Bertz CT molecular complexity index is 652. The van der Waals surface area contributed by atoms with Gasteiger partial charge in [-0.25, -0.2) is 9.97 Å². The lowest BCUT2D eigenvalue weighted by molar-refractivity contribution is -0.113. The Kier molecular flexibility index (Phi) is 4.91. The maximum Gasteiger partial charge on any atom is 0.254 e. The lowest BCUT2D eigenvalue weighted by Crippen LogP contribution is -2.18. The highest BCUT2D eigenvalue weighted by molar-refractivity contribution is 7.99. The minimum absolute atomic E-state index is 0.136. The molecular weight excluding hydrogens is 296 g/mol. The van der Waals surface area contributed by atoms with Gasteiger partial charge in [0.25, 0.3) is 5.56 Å². The summed E-state index contributed by atoms with van der Waals surface area (Å²) >= 11 is 2.55. The number of carbonyl (C=O) groups excluding carboxylic acids is 1. The summed E-state index contributed by atoms with van der Waals surface area (Å²) in [6, 6.07) is 0. The lowest BCUT2D eigenvalue weighted by atomic mass is 10.2. The van der Waals surface area contributed by atoms with E-state index < -0.39 is 0 Å². The smallest absolute Gasteiger partial charge is 0.254 e. The van der Waals surface area contributed by atoms with Crippen molar-refractivity contribution in [2.45, 2.75) is 25.4 Å². The normalized spacial score (nSPS) is 10.5. The van der Waals surface area contributed by atoms with Crippen molar-refractivity contribution in [2.75, 3.05) is 11.1 Å². The van der Waals surface area contributed by atoms with E-state index in [0.29, 0.717) is 28.0 Å². The number of aromatic amines is 1. The van der Waals surface area contributed by atoms with Crippen molar-refractivity contribution < 1.29 is 4.79 Å². The number of rotatable bonds is 5. The number of nitrogens with one attached hydrogen (secondary N) is 2. The zero-order chi connectivity index (χ0) is 14.5. The van der Waals surface area contributed by atoms with Crippen molar-refractivity contribution in [3.8, 4) is 0 Å². The Morgan fingerprint density at radius 3 is 2.95 bits per heavy atom. The van der Waals surface area contributed by atoms with Gasteiger partial charge in [0.05, 0.1) is 5.75 Å². The average molecular weight is 310 g/mol. The molecule has 2 N–H and O–H groups in total. The van der Waals surface area contributed by atoms with Gasteiger partial charge in [0.15, 0.2) is 10.3 Å². The van der Waals surface area contributed by atoms with E-state index in [-0.39, 0.29) is 17.2 Å². The summed E-state index contributed by atoms with van der Waals surface area (Å²) in [5, 5.41) is 5.48. The molecule has 0 radical (unpaired) electrons. The molecule has 0 saturated heterocycles. The number of amides is 1. The summed E-state index contributed by atoms with van der Waals surface area (Å²) < 4.78 is 0. The van der Waals surface area contributed by atoms with Gasteiger partial charge in [-0.15, -0.1) is 11.3 Å². The quantitative estimate of drug-likeness (QED) is 0.650. The third-order valence-corrected chi connectivity index (χ3v) is 4.13. The predicted octanol–water partition coefficient (Wildman–Crippen LogP) is 1.83. The molecule has 106 valence electrons. The van der Waals surface area contributed by atoms with Gasteiger partial charge < -0.3 is 10.3 Å². The average Bonchev–Trinajstić information content (AvgIpc) is 2.89. The largest absolute Gasteiger partial charge is 0.301 e. The van der Waals surface area contributed by atoms with Crippen LogP contribution in [-0.4, -0.2) is 26.6 Å². The Morgan fingerprint density at radius 1 is 1.55 bits per heavy atom. The van der Waals surface area contributed by atoms with E-state index in [0.717, 1.165) is 0 Å². The molecule has 2 aromatic rings. The van der Waals surface area contributed by atoms with Crippen LogP contribution in [-0.2, 0) is 11.2 Å². The predicted molar refractivity (Wildman–Crippen MR) is 80.4 cm³/mol. The van der Waals surface area contributed by atoms with E-state index >= 15 is 0 Å². The molecule has 0 aliphatic heterocycles.